The van der Waals surface area contributed by atoms with Crippen molar-refractivity contribution in [1.29, 1.82) is 0 Å². The van der Waals surface area contributed by atoms with Crippen molar-refractivity contribution in [3.63, 3.8) is 0 Å². The molecule has 5 nitrogen and oxygen atoms in total. The van der Waals surface area contributed by atoms with Crippen LogP contribution in [0.5, 0.6) is 0 Å². The van der Waals surface area contributed by atoms with E-state index in [2.05, 4.69) is 153 Å². The molecule has 0 aliphatic carbocycles. The minimum Gasteiger partial charge on any atom is -0.456 e. The first-order valence-corrected chi connectivity index (χ1v) is 19.2. The monoisotopic (exact) mass is 729 g/mol. The van der Waals surface area contributed by atoms with Crippen LogP contribution in [0.2, 0.25) is 0 Å². The summed E-state index contributed by atoms with van der Waals surface area (Å²) >= 11 is 0. The highest BCUT2D eigenvalue weighted by Gasteiger charge is 2.22. The number of rotatable bonds is 4. The molecule has 266 valence electrons. The van der Waals surface area contributed by atoms with Crippen molar-refractivity contribution in [1.82, 2.24) is 15.0 Å². The van der Waals surface area contributed by atoms with Gasteiger partial charge in [0.25, 0.3) is 0 Å². The second kappa shape index (κ2) is 12.2. The van der Waals surface area contributed by atoms with Crippen molar-refractivity contribution < 1.29 is 8.83 Å². The van der Waals surface area contributed by atoms with Crippen molar-refractivity contribution in [2.75, 3.05) is 0 Å². The van der Waals surface area contributed by atoms with E-state index in [0.717, 1.165) is 98.6 Å². The maximum absolute atomic E-state index is 6.55. The van der Waals surface area contributed by atoms with E-state index in [1.54, 1.807) is 0 Å². The summed E-state index contributed by atoms with van der Waals surface area (Å²) in [6.45, 7) is 2.09. The fourth-order valence-electron chi connectivity index (χ4n) is 8.79. The van der Waals surface area contributed by atoms with E-state index < -0.39 is 0 Å². The summed E-state index contributed by atoms with van der Waals surface area (Å²) < 4.78 is 12.9. The standard InChI is InChI=1S/C52H31N3O2/c1-30-24-25-42-47(28-30)56-46-23-11-19-39(48(42)46)37-26-27-41(35-16-6-5-15-34(35)37)50-53-51(43-21-10-20-40-38-18-8-9-22-45(38)57-49(40)43)55-52(54-50)44-29-31-12-2-3-13-32(31)33-14-4-7-17-36(33)44/h2-29H,1H3. The van der Waals surface area contributed by atoms with E-state index in [4.69, 9.17) is 23.8 Å². The average molecular weight is 730 g/mol. The van der Waals surface area contributed by atoms with Gasteiger partial charge in [0, 0.05) is 32.7 Å². The number of aryl methyl sites for hydroxylation is 1. The van der Waals surface area contributed by atoms with E-state index in [1.807, 2.05) is 24.3 Å². The van der Waals surface area contributed by atoms with Crippen LogP contribution in [0.4, 0.5) is 0 Å². The summed E-state index contributed by atoms with van der Waals surface area (Å²) in [5.74, 6) is 1.74. The van der Waals surface area contributed by atoms with Gasteiger partial charge in [-0.25, -0.2) is 15.0 Å². The van der Waals surface area contributed by atoms with E-state index >= 15 is 0 Å². The van der Waals surface area contributed by atoms with Gasteiger partial charge in [-0.3, -0.25) is 0 Å². The quantitative estimate of drug-likeness (QED) is 0.169. The van der Waals surface area contributed by atoms with Crippen LogP contribution >= 0.6 is 0 Å². The normalized spacial score (nSPS) is 11.9. The zero-order valence-corrected chi connectivity index (χ0v) is 30.8. The first-order chi connectivity index (χ1) is 28.2. The molecule has 12 rings (SSSR count). The van der Waals surface area contributed by atoms with Gasteiger partial charge < -0.3 is 8.83 Å². The Morgan fingerprint density at radius 3 is 1.74 bits per heavy atom. The third-order valence-electron chi connectivity index (χ3n) is 11.4. The van der Waals surface area contributed by atoms with Crippen LogP contribution in [-0.4, -0.2) is 15.0 Å². The molecule has 0 saturated heterocycles. The number of nitrogens with zero attached hydrogens (tertiary/aromatic N) is 3. The van der Waals surface area contributed by atoms with Crippen LogP contribution in [0.15, 0.2) is 179 Å². The van der Waals surface area contributed by atoms with Crippen LogP contribution in [0.25, 0.3) is 121 Å². The van der Waals surface area contributed by atoms with Gasteiger partial charge in [0.05, 0.1) is 5.56 Å². The van der Waals surface area contributed by atoms with E-state index in [1.165, 1.54) is 10.9 Å². The van der Waals surface area contributed by atoms with Crippen LogP contribution in [0, 0.1) is 6.92 Å². The molecule has 12 aromatic rings. The molecule has 0 bridgehead atoms. The maximum atomic E-state index is 6.55. The Bertz CT molecular complexity index is 3610. The molecule has 5 heteroatoms. The highest BCUT2D eigenvalue weighted by atomic mass is 16.3. The van der Waals surface area contributed by atoms with Gasteiger partial charge in [-0.2, -0.15) is 0 Å². The van der Waals surface area contributed by atoms with Gasteiger partial charge >= 0.3 is 0 Å². The molecule has 0 saturated carbocycles. The Balaban J connectivity index is 1.14. The fourth-order valence-corrected chi connectivity index (χ4v) is 8.79. The lowest BCUT2D eigenvalue weighted by atomic mass is 9.92. The summed E-state index contributed by atoms with van der Waals surface area (Å²) in [6.07, 6.45) is 0. The Morgan fingerprint density at radius 1 is 0.333 bits per heavy atom. The number of benzene rings is 9. The van der Waals surface area contributed by atoms with Gasteiger partial charge in [-0.05, 0) is 92.3 Å². The summed E-state index contributed by atoms with van der Waals surface area (Å²) in [4.78, 5) is 16.0. The second-order valence-corrected chi connectivity index (χ2v) is 14.8. The fraction of sp³-hybridized carbons (Fsp3) is 0.0192. The minimum absolute atomic E-state index is 0.551. The molecule has 0 fully saturated rings. The number of hydrogen-bond donors (Lipinski definition) is 0. The molecule has 3 heterocycles. The van der Waals surface area contributed by atoms with E-state index in [0.29, 0.717) is 17.5 Å². The third-order valence-corrected chi connectivity index (χ3v) is 11.4. The topological polar surface area (TPSA) is 65.0 Å². The highest BCUT2D eigenvalue weighted by Crippen LogP contribution is 2.43. The lowest BCUT2D eigenvalue weighted by Gasteiger charge is -2.15. The van der Waals surface area contributed by atoms with Gasteiger partial charge in [0.15, 0.2) is 17.5 Å². The summed E-state index contributed by atoms with van der Waals surface area (Å²) in [5.41, 5.74) is 9.42. The SMILES string of the molecule is Cc1ccc2c(c1)oc1cccc(-c3ccc(-c4nc(-c5cc6ccccc6c6ccccc56)nc(-c5cccc6c5oc5ccccc56)n4)c4ccccc34)c12. The predicted octanol–water partition coefficient (Wildman–Crippen LogP) is 14.1. The Morgan fingerprint density at radius 2 is 0.912 bits per heavy atom. The molecule has 9 aromatic carbocycles. The molecule has 0 amide bonds. The van der Waals surface area contributed by atoms with Gasteiger partial charge in [-0.1, -0.05) is 133 Å². The molecule has 0 radical (unpaired) electrons. The first-order valence-electron chi connectivity index (χ1n) is 19.2. The second-order valence-electron chi connectivity index (χ2n) is 14.8. The van der Waals surface area contributed by atoms with E-state index in [-0.39, 0.29) is 0 Å². The molecule has 0 aliphatic heterocycles. The molecule has 57 heavy (non-hydrogen) atoms. The first kappa shape index (κ1) is 31.7. The van der Waals surface area contributed by atoms with Crippen LogP contribution in [0.3, 0.4) is 0 Å². The van der Waals surface area contributed by atoms with Crippen LogP contribution in [-0.2, 0) is 0 Å². The summed E-state index contributed by atoms with van der Waals surface area (Å²) in [6, 6.07) is 59.2. The van der Waals surface area contributed by atoms with Crippen LogP contribution in [0.1, 0.15) is 5.56 Å². The molecule has 0 unspecified atom stereocenters. The van der Waals surface area contributed by atoms with Crippen LogP contribution < -0.4 is 0 Å². The van der Waals surface area contributed by atoms with E-state index in [9.17, 15) is 0 Å². The Kier molecular flexibility index (Phi) is 6.78. The van der Waals surface area contributed by atoms with Crippen molar-refractivity contribution in [2.45, 2.75) is 6.92 Å². The predicted molar refractivity (Wildman–Crippen MR) is 233 cm³/mol. The van der Waals surface area contributed by atoms with Crippen molar-refractivity contribution in [3.05, 3.63) is 175 Å². The minimum atomic E-state index is 0.551. The number of furan rings is 2. The summed E-state index contributed by atoms with van der Waals surface area (Å²) in [7, 11) is 0. The molecule has 0 spiro atoms. The smallest absolute Gasteiger partial charge is 0.167 e. The molecular weight excluding hydrogens is 699 g/mol. The number of fused-ring (bicyclic) bond motifs is 10. The lowest BCUT2D eigenvalue weighted by molar-refractivity contribution is 0.668. The van der Waals surface area contributed by atoms with Crippen molar-refractivity contribution >= 4 is 76.2 Å². The number of hydrogen-bond acceptors (Lipinski definition) is 5. The largest absolute Gasteiger partial charge is 0.456 e. The maximum Gasteiger partial charge on any atom is 0.167 e. The summed E-state index contributed by atoms with van der Waals surface area (Å²) in [5, 5.41) is 11.0. The highest BCUT2D eigenvalue weighted by molar-refractivity contribution is 6.17. The zero-order chi connectivity index (χ0) is 37.6. The van der Waals surface area contributed by atoms with Gasteiger partial charge in [0.1, 0.15) is 22.3 Å². The molecular formula is C52H31N3O2. The zero-order valence-electron chi connectivity index (χ0n) is 30.8. The molecule has 3 aromatic heterocycles. The number of para-hydroxylation sites is 2. The van der Waals surface area contributed by atoms with Gasteiger partial charge in [-0.15, -0.1) is 0 Å². The van der Waals surface area contributed by atoms with Gasteiger partial charge in [0.2, 0.25) is 0 Å². The van der Waals surface area contributed by atoms with Crippen molar-refractivity contribution in [3.8, 4) is 45.3 Å². The Hall–Kier alpha value is -7.63. The Labute approximate surface area is 326 Å². The molecule has 0 aliphatic rings. The number of aromatic nitrogens is 3. The van der Waals surface area contributed by atoms with Crippen molar-refractivity contribution in [2.24, 2.45) is 0 Å². The third kappa shape index (κ3) is 4.85. The average Bonchev–Trinajstić information content (AvgIpc) is 3.84. The molecule has 0 atom stereocenters. The molecule has 0 N–H and O–H groups in total. The lowest BCUT2D eigenvalue weighted by Crippen LogP contribution is -2.01.